The molecule has 1 fully saturated rings. The third-order valence-electron chi connectivity index (χ3n) is 4.58. The van der Waals surface area contributed by atoms with Crippen molar-refractivity contribution >= 4 is 17.5 Å². The van der Waals surface area contributed by atoms with Gasteiger partial charge < -0.3 is 19.9 Å². The Kier molecular flexibility index (Phi) is 5.90. The minimum absolute atomic E-state index is 0.226. The van der Waals surface area contributed by atoms with E-state index in [9.17, 15) is 14.0 Å². The number of carbonyl (C=O) groups is 2. The number of nitrogens with zero attached hydrogens (tertiary/aromatic N) is 2. The molecular weight excluding hydrogens is 349 g/mol. The maximum Gasteiger partial charge on any atom is 0.312 e. The molecule has 142 valence electrons. The SMILES string of the molecule is COc1ccccc1CNC(=O)C(=O)N1CCN(c2ccc(F)cc2)CC1. The quantitative estimate of drug-likeness (QED) is 0.833. The molecule has 27 heavy (non-hydrogen) atoms. The normalized spacial score (nSPS) is 14.0. The monoisotopic (exact) mass is 371 g/mol. The molecule has 0 spiro atoms. The lowest BCUT2D eigenvalue weighted by molar-refractivity contribution is -0.146. The molecule has 2 amide bonds. The van der Waals surface area contributed by atoms with Crippen molar-refractivity contribution in [3.63, 3.8) is 0 Å². The van der Waals surface area contributed by atoms with E-state index < -0.39 is 11.8 Å². The summed E-state index contributed by atoms with van der Waals surface area (Å²) in [5.41, 5.74) is 1.71. The molecule has 1 heterocycles. The van der Waals surface area contributed by atoms with Crippen LogP contribution in [0.3, 0.4) is 0 Å². The minimum atomic E-state index is -0.629. The Bertz CT molecular complexity index is 802. The van der Waals surface area contributed by atoms with Crippen molar-refractivity contribution in [2.24, 2.45) is 0 Å². The number of piperazine rings is 1. The van der Waals surface area contributed by atoms with Gasteiger partial charge in [0.15, 0.2) is 0 Å². The van der Waals surface area contributed by atoms with Gasteiger partial charge >= 0.3 is 11.8 Å². The van der Waals surface area contributed by atoms with Crippen LogP contribution in [0.1, 0.15) is 5.56 Å². The number of halogens is 1. The Morgan fingerprint density at radius 3 is 2.37 bits per heavy atom. The highest BCUT2D eigenvalue weighted by molar-refractivity contribution is 6.35. The van der Waals surface area contributed by atoms with E-state index in [1.165, 1.54) is 17.0 Å². The molecule has 2 aromatic rings. The maximum absolute atomic E-state index is 13.0. The maximum atomic E-state index is 13.0. The van der Waals surface area contributed by atoms with E-state index in [2.05, 4.69) is 10.2 Å². The number of para-hydroxylation sites is 1. The number of carbonyl (C=O) groups excluding carboxylic acids is 2. The van der Waals surface area contributed by atoms with Gasteiger partial charge in [-0.1, -0.05) is 18.2 Å². The summed E-state index contributed by atoms with van der Waals surface area (Å²) in [5.74, 6) is -0.780. The summed E-state index contributed by atoms with van der Waals surface area (Å²) in [5, 5.41) is 2.65. The fraction of sp³-hybridized carbons (Fsp3) is 0.300. The van der Waals surface area contributed by atoms with Crippen molar-refractivity contribution in [3.8, 4) is 5.75 Å². The molecule has 6 nitrogen and oxygen atoms in total. The van der Waals surface area contributed by atoms with E-state index in [0.717, 1.165) is 11.3 Å². The number of rotatable bonds is 4. The Morgan fingerprint density at radius 2 is 1.70 bits per heavy atom. The van der Waals surface area contributed by atoms with Gasteiger partial charge in [-0.05, 0) is 30.3 Å². The fourth-order valence-corrected chi connectivity index (χ4v) is 3.06. The Balaban J connectivity index is 1.51. The summed E-state index contributed by atoms with van der Waals surface area (Å²) in [7, 11) is 1.56. The summed E-state index contributed by atoms with van der Waals surface area (Å²) >= 11 is 0. The molecule has 1 N–H and O–H groups in total. The van der Waals surface area contributed by atoms with Crippen LogP contribution in [0, 0.1) is 5.82 Å². The van der Waals surface area contributed by atoms with Gasteiger partial charge in [0, 0.05) is 44.0 Å². The van der Waals surface area contributed by atoms with E-state index in [0.29, 0.717) is 31.9 Å². The lowest BCUT2D eigenvalue weighted by Crippen LogP contribution is -2.52. The van der Waals surface area contributed by atoms with Crippen molar-refractivity contribution in [1.29, 1.82) is 0 Å². The van der Waals surface area contributed by atoms with Gasteiger partial charge in [0.1, 0.15) is 11.6 Å². The second-order valence-electron chi connectivity index (χ2n) is 6.25. The van der Waals surface area contributed by atoms with Gasteiger partial charge in [-0.25, -0.2) is 4.39 Å². The number of hydrogen-bond donors (Lipinski definition) is 1. The summed E-state index contributed by atoms with van der Waals surface area (Å²) in [6.07, 6.45) is 0. The fourth-order valence-electron chi connectivity index (χ4n) is 3.06. The second-order valence-corrected chi connectivity index (χ2v) is 6.25. The zero-order chi connectivity index (χ0) is 19.2. The highest BCUT2D eigenvalue weighted by atomic mass is 19.1. The number of benzene rings is 2. The Morgan fingerprint density at radius 1 is 1.04 bits per heavy atom. The average Bonchev–Trinajstić information content (AvgIpc) is 2.72. The molecule has 7 heteroatoms. The molecule has 1 aliphatic rings. The summed E-state index contributed by atoms with van der Waals surface area (Å²) in [6.45, 7) is 2.30. The van der Waals surface area contributed by atoms with Gasteiger partial charge in [0.25, 0.3) is 0 Å². The van der Waals surface area contributed by atoms with Crippen LogP contribution in [0.15, 0.2) is 48.5 Å². The summed E-state index contributed by atoms with van der Waals surface area (Å²) < 4.78 is 18.3. The van der Waals surface area contributed by atoms with Crippen molar-refractivity contribution in [2.45, 2.75) is 6.54 Å². The molecule has 1 aliphatic heterocycles. The molecule has 0 atom stereocenters. The van der Waals surface area contributed by atoms with Crippen molar-refractivity contribution in [1.82, 2.24) is 10.2 Å². The van der Waals surface area contributed by atoms with Crippen LogP contribution in [0.25, 0.3) is 0 Å². The molecule has 0 radical (unpaired) electrons. The first-order chi connectivity index (χ1) is 13.1. The number of anilines is 1. The molecule has 0 saturated carbocycles. The first-order valence-corrected chi connectivity index (χ1v) is 8.78. The van der Waals surface area contributed by atoms with Gasteiger partial charge in [-0.15, -0.1) is 0 Å². The topological polar surface area (TPSA) is 61.9 Å². The molecule has 0 aliphatic carbocycles. The molecule has 2 aromatic carbocycles. The van der Waals surface area contributed by atoms with Gasteiger partial charge in [-0.2, -0.15) is 0 Å². The van der Waals surface area contributed by atoms with E-state index in [-0.39, 0.29) is 12.4 Å². The van der Waals surface area contributed by atoms with Crippen molar-refractivity contribution in [3.05, 3.63) is 59.9 Å². The first kappa shape index (κ1) is 18.7. The van der Waals surface area contributed by atoms with Gasteiger partial charge in [0.05, 0.1) is 7.11 Å². The van der Waals surface area contributed by atoms with Crippen molar-refractivity contribution < 1.29 is 18.7 Å². The zero-order valence-corrected chi connectivity index (χ0v) is 15.2. The Labute approximate surface area is 157 Å². The number of amides is 2. The largest absolute Gasteiger partial charge is 0.496 e. The van der Waals surface area contributed by atoms with Crippen LogP contribution >= 0.6 is 0 Å². The van der Waals surface area contributed by atoms with Gasteiger partial charge in [0.2, 0.25) is 0 Å². The molecule has 3 rings (SSSR count). The third kappa shape index (κ3) is 4.55. The lowest BCUT2D eigenvalue weighted by atomic mass is 10.2. The predicted molar refractivity (Wildman–Crippen MR) is 100 cm³/mol. The van der Waals surface area contributed by atoms with Crippen LogP contribution in [-0.2, 0) is 16.1 Å². The summed E-state index contributed by atoms with van der Waals surface area (Å²) in [6, 6.07) is 13.6. The smallest absolute Gasteiger partial charge is 0.312 e. The van der Waals surface area contributed by atoms with Crippen LogP contribution in [-0.4, -0.2) is 50.0 Å². The number of hydrogen-bond acceptors (Lipinski definition) is 4. The standard InChI is InChI=1S/C20H22FN3O3/c1-27-18-5-3-2-4-15(18)14-22-19(25)20(26)24-12-10-23(11-13-24)17-8-6-16(21)7-9-17/h2-9H,10-14H2,1H3,(H,22,25). The Hall–Kier alpha value is -3.09. The zero-order valence-electron chi connectivity index (χ0n) is 15.2. The second kappa shape index (κ2) is 8.53. The minimum Gasteiger partial charge on any atom is -0.496 e. The first-order valence-electron chi connectivity index (χ1n) is 8.78. The van der Waals surface area contributed by atoms with Crippen LogP contribution < -0.4 is 15.0 Å². The lowest BCUT2D eigenvalue weighted by Gasteiger charge is -2.35. The van der Waals surface area contributed by atoms with E-state index >= 15 is 0 Å². The molecule has 0 aromatic heterocycles. The van der Waals surface area contributed by atoms with E-state index in [4.69, 9.17) is 4.74 Å². The van der Waals surface area contributed by atoms with Crippen LogP contribution in [0.4, 0.5) is 10.1 Å². The van der Waals surface area contributed by atoms with E-state index in [1.54, 1.807) is 25.3 Å². The predicted octanol–water partition coefficient (Wildman–Crippen LogP) is 1.80. The molecular formula is C20H22FN3O3. The third-order valence-corrected chi connectivity index (χ3v) is 4.58. The van der Waals surface area contributed by atoms with Gasteiger partial charge in [-0.3, -0.25) is 9.59 Å². The van der Waals surface area contributed by atoms with Crippen LogP contribution in [0.2, 0.25) is 0 Å². The van der Waals surface area contributed by atoms with E-state index in [1.807, 2.05) is 18.2 Å². The molecule has 0 bridgehead atoms. The molecule has 1 saturated heterocycles. The number of ether oxygens (including phenoxy) is 1. The highest BCUT2D eigenvalue weighted by Gasteiger charge is 2.26. The number of nitrogens with one attached hydrogen (secondary N) is 1. The summed E-state index contributed by atoms with van der Waals surface area (Å²) in [4.78, 5) is 28.2. The molecule has 0 unspecified atom stereocenters. The van der Waals surface area contributed by atoms with Crippen molar-refractivity contribution in [2.75, 3.05) is 38.2 Å². The number of methoxy groups -OCH3 is 1. The highest BCUT2D eigenvalue weighted by Crippen LogP contribution is 2.18. The average molecular weight is 371 g/mol. The van der Waals surface area contributed by atoms with Crippen LogP contribution in [0.5, 0.6) is 5.75 Å².